The van der Waals surface area contributed by atoms with Crippen LogP contribution in [0, 0.1) is 13.8 Å². The highest BCUT2D eigenvalue weighted by molar-refractivity contribution is 7.92. The summed E-state index contributed by atoms with van der Waals surface area (Å²) < 4.78 is 41.3. The van der Waals surface area contributed by atoms with Crippen LogP contribution in [0.2, 0.25) is 0 Å². The molecule has 1 aromatic heterocycles. The molecule has 10 heteroatoms. The van der Waals surface area contributed by atoms with Crippen LogP contribution in [0.3, 0.4) is 0 Å². The highest BCUT2D eigenvalue weighted by Gasteiger charge is 2.48. The van der Waals surface area contributed by atoms with Crippen molar-refractivity contribution < 1.29 is 22.5 Å². The van der Waals surface area contributed by atoms with Crippen LogP contribution in [0.25, 0.3) is 11.1 Å². The predicted octanol–water partition coefficient (Wildman–Crippen LogP) is 7.07. The van der Waals surface area contributed by atoms with Gasteiger partial charge in [-0.15, -0.1) is 0 Å². The van der Waals surface area contributed by atoms with E-state index in [9.17, 15) is 13.2 Å². The van der Waals surface area contributed by atoms with Crippen LogP contribution >= 0.6 is 0 Å². The van der Waals surface area contributed by atoms with Crippen LogP contribution in [-0.4, -0.2) is 41.9 Å². The lowest BCUT2D eigenvalue weighted by Crippen LogP contribution is -2.43. The molecule has 0 atom stereocenters. The fraction of sp³-hybridized carbons (Fsp3) is 0.500. The number of unbranched alkanes of at least 4 members (excludes halogenated alkanes) is 1. The van der Waals surface area contributed by atoms with Crippen LogP contribution < -0.4 is 4.72 Å². The van der Waals surface area contributed by atoms with Crippen LogP contribution in [0.15, 0.2) is 56.9 Å². The number of nitrogens with one attached hydrogen (secondary N) is 1. The van der Waals surface area contributed by atoms with Gasteiger partial charge in [-0.25, -0.2) is 8.42 Å². The molecule has 1 spiro atoms. The van der Waals surface area contributed by atoms with E-state index in [0.29, 0.717) is 30.0 Å². The summed E-state index contributed by atoms with van der Waals surface area (Å²) in [4.78, 5) is 21.0. The van der Waals surface area contributed by atoms with Gasteiger partial charge in [-0.3, -0.25) is 19.4 Å². The second-order valence-electron chi connectivity index (χ2n) is 12.4. The Balaban J connectivity index is 1.33. The Morgan fingerprint density at radius 1 is 1.07 bits per heavy atom. The molecule has 3 aliphatic rings. The molecule has 2 saturated carbocycles. The highest BCUT2D eigenvalue weighted by Crippen LogP contribution is 2.39. The van der Waals surface area contributed by atoms with Crippen molar-refractivity contribution in [1.29, 1.82) is 0 Å². The summed E-state index contributed by atoms with van der Waals surface area (Å²) in [5.41, 5.74) is 3.25. The topological polar surface area (TPSA) is 114 Å². The minimum absolute atomic E-state index is 0.129. The molecule has 2 fully saturated rings. The van der Waals surface area contributed by atoms with E-state index in [-0.39, 0.29) is 22.7 Å². The molecule has 0 unspecified atom stereocenters. The number of nitrogens with zero attached hydrogens (tertiary/aromatic N) is 3. The largest absolute Gasteiger partial charge is 0.374 e. The lowest BCUT2D eigenvalue weighted by molar-refractivity contribution is -0.132. The number of ether oxygens (including phenoxy) is 1. The van der Waals surface area contributed by atoms with E-state index >= 15 is 0 Å². The number of anilines is 1. The maximum atomic E-state index is 13.9. The van der Waals surface area contributed by atoms with Crippen LogP contribution in [0.5, 0.6) is 0 Å². The number of sulfonamides is 1. The van der Waals surface area contributed by atoms with Gasteiger partial charge in [0, 0.05) is 17.5 Å². The van der Waals surface area contributed by atoms with Gasteiger partial charge in [0.1, 0.15) is 17.1 Å². The van der Waals surface area contributed by atoms with E-state index in [0.717, 1.165) is 86.7 Å². The summed E-state index contributed by atoms with van der Waals surface area (Å²) >= 11 is 0. The summed E-state index contributed by atoms with van der Waals surface area (Å²) in [7, 11) is -3.99. The molecule has 2 aromatic carbocycles. The Hall–Kier alpha value is -3.50. The summed E-state index contributed by atoms with van der Waals surface area (Å²) in [6.45, 7) is 6.45. The first kappa shape index (κ1) is 30.5. The van der Waals surface area contributed by atoms with Gasteiger partial charge < -0.3 is 9.26 Å². The lowest BCUT2D eigenvalue weighted by atomic mass is 9.82. The molecular weight excluding hydrogens is 576 g/mol. The first-order valence-electron chi connectivity index (χ1n) is 15.9. The Morgan fingerprint density at radius 2 is 1.84 bits per heavy atom. The third kappa shape index (κ3) is 6.19. The van der Waals surface area contributed by atoms with E-state index < -0.39 is 15.6 Å². The van der Waals surface area contributed by atoms with Gasteiger partial charge in [0.15, 0.2) is 5.82 Å². The number of aromatic nitrogens is 1. The molecule has 1 N–H and O–H groups in total. The van der Waals surface area contributed by atoms with Gasteiger partial charge in [-0.05, 0) is 68.7 Å². The molecule has 6 rings (SSSR count). The Labute approximate surface area is 260 Å². The number of carbonyl (C=O) groups is 1. The number of hydrogen-bond acceptors (Lipinski definition) is 7. The monoisotopic (exact) mass is 618 g/mol. The van der Waals surface area contributed by atoms with E-state index in [1.807, 2.05) is 29.2 Å². The van der Waals surface area contributed by atoms with Crippen molar-refractivity contribution in [3.8, 4) is 11.1 Å². The van der Waals surface area contributed by atoms with Crippen molar-refractivity contribution in [3.05, 3.63) is 64.9 Å². The highest BCUT2D eigenvalue weighted by atomic mass is 32.2. The maximum Gasteiger partial charge on any atom is 0.263 e. The van der Waals surface area contributed by atoms with Crippen molar-refractivity contribution >= 4 is 27.6 Å². The van der Waals surface area contributed by atoms with Gasteiger partial charge in [0.05, 0.1) is 24.2 Å². The van der Waals surface area contributed by atoms with Crippen LogP contribution in [0.1, 0.15) is 93.6 Å². The minimum Gasteiger partial charge on any atom is -0.374 e. The summed E-state index contributed by atoms with van der Waals surface area (Å²) in [6, 6.07) is 13.0. The van der Waals surface area contributed by atoms with E-state index in [4.69, 9.17) is 14.3 Å². The molecule has 0 bridgehead atoms. The fourth-order valence-corrected chi connectivity index (χ4v) is 7.53. The Morgan fingerprint density at radius 3 is 2.55 bits per heavy atom. The number of aliphatic imine (C=N–C) groups is 1. The van der Waals surface area contributed by atoms with E-state index in [1.165, 1.54) is 0 Å². The molecule has 9 nitrogen and oxygen atoms in total. The minimum atomic E-state index is -3.99. The maximum absolute atomic E-state index is 13.9. The predicted molar refractivity (Wildman–Crippen MR) is 170 cm³/mol. The van der Waals surface area contributed by atoms with Gasteiger partial charge in [-0.1, -0.05) is 74.2 Å². The van der Waals surface area contributed by atoms with Crippen molar-refractivity contribution in [2.75, 3.05) is 4.72 Å². The molecule has 234 valence electrons. The Kier molecular flexibility index (Phi) is 8.66. The summed E-state index contributed by atoms with van der Waals surface area (Å²) in [5.74, 6) is 1.76. The lowest BCUT2D eigenvalue weighted by Gasteiger charge is -2.30. The average Bonchev–Trinajstić information content (AvgIpc) is 3.77. The third-order valence-corrected chi connectivity index (χ3v) is 10.5. The number of amides is 1. The second kappa shape index (κ2) is 12.5. The van der Waals surface area contributed by atoms with Crippen molar-refractivity contribution in [2.45, 2.75) is 115 Å². The summed E-state index contributed by atoms with van der Waals surface area (Å²) in [6.07, 6.45) is 9.99. The molecule has 2 aliphatic carbocycles. The SMILES string of the molecule is CCCCC1=NC2(CCCCC2)C(=O)N1Cc1ccc(-c2ccccc2S(=O)(=O)Nc2noc(C)c2C)c(COC2CC2)c1. The molecule has 0 saturated heterocycles. The number of amidine groups is 1. The number of carbonyl (C=O) groups excluding carboxylic acids is 1. The molecule has 0 radical (unpaired) electrons. The van der Waals surface area contributed by atoms with Gasteiger partial charge in [0.25, 0.3) is 15.9 Å². The van der Waals surface area contributed by atoms with Gasteiger partial charge in [-0.2, -0.15) is 0 Å². The molecule has 1 amide bonds. The molecule has 3 aromatic rings. The molecular formula is C34H42N4O5S. The molecule has 44 heavy (non-hydrogen) atoms. The van der Waals surface area contributed by atoms with Crippen molar-refractivity contribution in [1.82, 2.24) is 10.1 Å². The van der Waals surface area contributed by atoms with E-state index in [1.54, 1.807) is 26.0 Å². The second-order valence-corrected chi connectivity index (χ2v) is 14.1. The summed E-state index contributed by atoms with van der Waals surface area (Å²) in [5, 5.41) is 3.90. The van der Waals surface area contributed by atoms with Gasteiger partial charge >= 0.3 is 0 Å². The smallest absolute Gasteiger partial charge is 0.263 e. The van der Waals surface area contributed by atoms with Crippen LogP contribution in [0.4, 0.5) is 5.82 Å². The first-order chi connectivity index (χ1) is 21.2. The Bertz CT molecular complexity index is 1670. The fourth-order valence-electron chi connectivity index (χ4n) is 6.25. The standard InChI is InChI=1S/C34H42N4O5S/c1-4-5-13-31-35-34(18-9-6-10-19-34)33(39)38(31)21-25-14-17-28(26(20-25)22-42-27-15-16-27)29-11-7-8-12-30(29)44(40,41)37-32-23(2)24(3)43-36-32/h7-8,11-12,14,17,20,27H,4-6,9-10,13,15-16,18-19,21-22H2,1-3H3,(H,36,37). The normalized spacial score (nSPS) is 18.2. The number of aryl methyl sites for hydroxylation is 1. The quantitative estimate of drug-likeness (QED) is 0.232. The van der Waals surface area contributed by atoms with Crippen LogP contribution in [-0.2, 0) is 32.7 Å². The third-order valence-electron chi connectivity index (χ3n) is 9.10. The number of hydrogen-bond donors (Lipinski definition) is 1. The van der Waals surface area contributed by atoms with E-state index in [2.05, 4.69) is 22.9 Å². The average molecular weight is 619 g/mol. The number of rotatable bonds is 12. The van der Waals surface area contributed by atoms with Crippen molar-refractivity contribution in [2.24, 2.45) is 4.99 Å². The molecule has 2 heterocycles. The zero-order valence-corrected chi connectivity index (χ0v) is 26.7. The number of benzene rings is 2. The first-order valence-corrected chi connectivity index (χ1v) is 17.4. The zero-order valence-electron chi connectivity index (χ0n) is 25.9. The molecule has 1 aliphatic heterocycles. The van der Waals surface area contributed by atoms with Gasteiger partial charge in [0.2, 0.25) is 0 Å². The zero-order chi connectivity index (χ0) is 30.9. The van der Waals surface area contributed by atoms with Crippen molar-refractivity contribution in [3.63, 3.8) is 0 Å².